The average Bonchev–Trinajstić information content (AvgIpc) is 2.47. The Kier molecular flexibility index (Phi) is 5.79. The molecule has 23 heavy (non-hydrogen) atoms. The lowest BCUT2D eigenvalue weighted by Gasteiger charge is -2.48. The molecule has 2 saturated carbocycles. The maximum absolute atomic E-state index is 13.2. The number of carbonyl (C=O) groups is 1. The summed E-state index contributed by atoms with van der Waals surface area (Å²) < 4.78 is 12.4. The summed E-state index contributed by atoms with van der Waals surface area (Å²) in [7, 11) is 0. The van der Waals surface area contributed by atoms with E-state index in [4.69, 9.17) is 9.47 Å². The largest absolute Gasteiger partial charge is 0.340 e. The lowest BCUT2D eigenvalue weighted by molar-refractivity contribution is -0.307. The average molecular weight is 322 g/mol. The van der Waals surface area contributed by atoms with Gasteiger partial charge < -0.3 is 9.47 Å². The zero-order valence-electron chi connectivity index (χ0n) is 15.0. The van der Waals surface area contributed by atoms with Crippen LogP contribution in [0.3, 0.4) is 0 Å². The fourth-order valence-corrected chi connectivity index (χ4v) is 5.01. The maximum atomic E-state index is 13.2. The van der Waals surface area contributed by atoms with Crippen LogP contribution in [0.1, 0.15) is 90.9 Å². The molecule has 0 unspecified atom stereocenters. The molecule has 0 aromatic rings. The molecular weight excluding hydrogens is 288 g/mol. The van der Waals surface area contributed by atoms with E-state index in [1.165, 1.54) is 51.4 Å². The number of Topliss-reactive ketones (excluding diaryl/α,β-unsaturated/α-hetero) is 1. The summed E-state index contributed by atoms with van der Waals surface area (Å²) in [6, 6.07) is 0. The Morgan fingerprint density at radius 2 is 1.39 bits per heavy atom. The zero-order valence-corrected chi connectivity index (χ0v) is 15.0. The Morgan fingerprint density at radius 1 is 0.826 bits per heavy atom. The molecule has 1 heterocycles. The first-order valence-corrected chi connectivity index (χ1v) is 9.99. The predicted octanol–water partition coefficient (Wildman–Crippen LogP) is 5.02. The van der Waals surface area contributed by atoms with Crippen LogP contribution in [0.4, 0.5) is 0 Å². The predicted molar refractivity (Wildman–Crippen MR) is 91.2 cm³/mol. The maximum Gasteiger partial charge on any atom is 0.229 e. The van der Waals surface area contributed by atoms with Crippen LogP contribution in [0.15, 0.2) is 0 Å². The van der Waals surface area contributed by atoms with Crippen LogP contribution in [-0.2, 0) is 14.3 Å². The molecule has 4 atom stereocenters. The molecule has 3 nitrogen and oxygen atoms in total. The summed E-state index contributed by atoms with van der Waals surface area (Å²) in [6.45, 7) is 4.18. The molecule has 0 radical (unpaired) electrons. The van der Waals surface area contributed by atoms with E-state index in [0.29, 0.717) is 5.92 Å². The Bertz CT molecular complexity index is 396. The highest BCUT2D eigenvalue weighted by molar-refractivity contribution is 5.89. The van der Waals surface area contributed by atoms with Gasteiger partial charge in [-0.05, 0) is 39.0 Å². The third kappa shape index (κ3) is 4.17. The minimum atomic E-state index is -0.922. The molecule has 1 spiro atoms. The molecular formula is C20H34O3. The first kappa shape index (κ1) is 17.4. The summed E-state index contributed by atoms with van der Waals surface area (Å²) in [5.41, 5.74) is 0. The third-order valence-electron chi connectivity index (χ3n) is 6.03. The van der Waals surface area contributed by atoms with Gasteiger partial charge in [-0.3, -0.25) is 4.79 Å². The Morgan fingerprint density at radius 3 is 2.04 bits per heavy atom. The van der Waals surface area contributed by atoms with Gasteiger partial charge in [0.2, 0.25) is 5.79 Å². The van der Waals surface area contributed by atoms with Gasteiger partial charge in [0, 0.05) is 12.3 Å². The van der Waals surface area contributed by atoms with E-state index in [9.17, 15) is 4.79 Å². The minimum absolute atomic E-state index is 0.126. The Hall–Kier alpha value is -0.410. The first-order valence-electron chi connectivity index (χ1n) is 9.99. The van der Waals surface area contributed by atoms with Crippen molar-refractivity contribution in [3.05, 3.63) is 0 Å². The third-order valence-corrected chi connectivity index (χ3v) is 6.03. The molecule has 3 aliphatic rings. The summed E-state index contributed by atoms with van der Waals surface area (Å²) in [6.07, 6.45) is 14.4. The van der Waals surface area contributed by atoms with Crippen molar-refractivity contribution >= 4 is 5.78 Å². The summed E-state index contributed by atoms with van der Waals surface area (Å²) in [5, 5.41) is 0. The highest BCUT2D eigenvalue weighted by Crippen LogP contribution is 2.44. The van der Waals surface area contributed by atoms with Crippen molar-refractivity contribution < 1.29 is 14.3 Å². The second kappa shape index (κ2) is 7.65. The number of hydrogen-bond acceptors (Lipinski definition) is 3. The van der Waals surface area contributed by atoms with E-state index < -0.39 is 5.79 Å². The number of ketones is 1. The second-order valence-electron chi connectivity index (χ2n) is 8.26. The van der Waals surface area contributed by atoms with Crippen LogP contribution in [0.2, 0.25) is 0 Å². The first-order chi connectivity index (χ1) is 11.1. The van der Waals surface area contributed by atoms with Crippen LogP contribution in [0, 0.1) is 11.8 Å². The van der Waals surface area contributed by atoms with E-state index in [2.05, 4.69) is 13.8 Å². The van der Waals surface area contributed by atoms with Crippen LogP contribution < -0.4 is 0 Å². The van der Waals surface area contributed by atoms with Gasteiger partial charge in [-0.25, -0.2) is 0 Å². The number of carbonyl (C=O) groups excluding carboxylic acids is 1. The second-order valence-corrected chi connectivity index (χ2v) is 8.26. The summed E-state index contributed by atoms with van der Waals surface area (Å²) in [5.74, 6) is 0.0823. The van der Waals surface area contributed by atoms with Gasteiger partial charge in [0.25, 0.3) is 0 Å². The topological polar surface area (TPSA) is 35.5 Å². The Balaban J connectivity index is 1.76. The van der Waals surface area contributed by atoms with E-state index in [1.54, 1.807) is 0 Å². The number of rotatable bonds is 0. The normalized spacial score (nSPS) is 43.7. The molecule has 0 amide bonds. The minimum Gasteiger partial charge on any atom is -0.340 e. The number of fused-ring (bicyclic) bond motifs is 2. The molecule has 132 valence electrons. The van der Waals surface area contributed by atoms with Crippen molar-refractivity contribution in [3.63, 3.8) is 0 Å². The quantitative estimate of drug-likeness (QED) is 0.628. The van der Waals surface area contributed by atoms with Crippen molar-refractivity contribution in [3.8, 4) is 0 Å². The van der Waals surface area contributed by atoms with Crippen LogP contribution >= 0.6 is 0 Å². The van der Waals surface area contributed by atoms with Gasteiger partial charge in [-0.1, -0.05) is 51.4 Å². The van der Waals surface area contributed by atoms with Crippen LogP contribution in [-0.4, -0.2) is 23.8 Å². The fraction of sp³-hybridized carbons (Fsp3) is 0.950. The van der Waals surface area contributed by atoms with Crippen molar-refractivity contribution in [2.45, 2.75) is 109 Å². The van der Waals surface area contributed by atoms with Crippen molar-refractivity contribution in [1.82, 2.24) is 0 Å². The molecule has 3 heteroatoms. The number of ether oxygens (including phenoxy) is 2. The van der Waals surface area contributed by atoms with E-state index in [1.807, 2.05) is 0 Å². The lowest BCUT2D eigenvalue weighted by atomic mass is 9.72. The molecule has 0 aromatic carbocycles. The summed E-state index contributed by atoms with van der Waals surface area (Å²) in [4.78, 5) is 13.2. The van der Waals surface area contributed by atoms with Crippen molar-refractivity contribution in [1.29, 1.82) is 0 Å². The molecule has 3 fully saturated rings. The van der Waals surface area contributed by atoms with E-state index in [-0.39, 0.29) is 23.9 Å². The van der Waals surface area contributed by atoms with E-state index >= 15 is 0 Å². The van der Waals surface area contributed by atoms with Gasteiger partial charge in [0.1, 0.15) is 0 Å². The molecule has 2 bridgehead atoms. The molecule has 3 rings (SSSR count). The molecule has 0 aromatic heterocycles. The number of hydrogen-bond donors (Lipinski definition) is 0. The van der Waals surface area contributed by atoms with E-state index in [0.717, 1.165) is 25.7 Å². The molecule has 2 aliphatic carbocycles. The fourth-order valence-electron chi connectivity index (χ4n) is 5.01. The van der Waals surface area contributed by atoms with Crippen LogP contribution in [0.5, 0.6) is 0 Å². The monoisotopic (exact) mass is 322 g/mol. The highest BCUT2D eigenvalue weighted by Gasteiger charge is 2.53. The smallest absolute Gasteiger partial charge is 0.229 e. The SMILES string of the molecule is C[C@@H]1C[C@@H](C)OC2(C[C@@H]3CCCCCCCCC[C@@H](C3)C2=O)O1. The van der Waals surface area contributed by atoms with Crippen molar-refractivity contribution in [2.24, 2.45) is 11.8 Å². The highest BCUT2D eigenvalue weighted by atomic mass is 16.7. The lowest BCUT2D eigenvalue weighted by Crippen LogP contribution is -2.58. The molecule has 1 aliphatic heterocycles. The van der Waals surface area contributed by atoms with Gasteiger partial charge >= 0.3 is 0 Å². The molecule has 0 N–H and O–H groups in total. The zero-order chi connectivity index (χ0) is 16.3. The van der Waals surface area contributed by atoms with Gasteiger partial charge in [-0.15, -0.1) is 0 Å². The van der Waals surface area contributed by atoms with Crippen LogP contribution in [0.25, 0.3) is 0 Å². The Labute approximate surface area is 141 Å². The van der Waals surface area contributed by atoms with Gasteiger partial charge in [0.15, 0.2) is 5.78 Å². The van der Waals surface area contributed by atoms with Crippen molar-refractivity contribution in [2.75, 3.05) is 0 Å². The van der Waals surface area contributed by atoms with Gasteiger partial charge in [0.05, 0.1) is 12.2 Å². The standard InChI is InChI=1S/C20H34O3/c1-15-12-16(2)23-20(22-15)14-17-10-8-6-4-3-5-7-9-11-18(13-17)19(20)21/h15-18H,3-14H2,1-2H3/t15-,16-,17-,18+/m1/s1. The summed E-state index contributed by atoms with van der Waals surface area (Å²) >= 11 is 0. The molecule has 1 saturated heterocycles. The van der Waals surface area contributed by atoms with Gasteiger partial charge in [-0.2, -0.15) is 0 Å².